The first-order valence-electron chi connectivity index (χ1n) is 7.47. The van der Waals surface area contributed by atoms with Crippen LogP contribution in [0.5, 0.6) is 0 Å². The van der Waals surface area contributed by atoms with Crippen molar-refractivity contribution in [2.75, 3.05) is 11.9 Å². The zero-order chi connectivity index (χ0) is 14.9. The Morgan fingerprint density at radius 2 is 2.05 bits per heavy atom. The molecule has 0 amide bonds. The van der Waals surface area contributed by atoms with Gasteiger partial charge in [-0.15, -0.1) is 0 Å². The van der Waals surface area contributed by atoms with Crippen molar-refractivity contribution in [2.45, 2.75) is 31.7 Å². The van der Waals surface area contributed by atoms with E-state index in [0.29, 0.717) is 6.54 Å². The maximum Gasteiger partial charge on any atom is 0.0750 e. The number of rotatable bonds is 3. The summed E-state index contributed by atoms with van der Waals surface area (Å²) in [6.07, 6.45) is 3.33. The van der Waals surface area contributed by atoms with Crippen LogP contribution in [0.3, 0.4) is 0 Å². The van der Waals surface area contributed by atoms with Gasteiger partial charge in [0.2, 0.25) is 0 Å². The van der Waals surface area contributed by atoms with E-state index in [1.165, 1.54) is 11.1 Å². The van der Waals surface area contributed by atoms with Gasteiger partial charge in [-0.05, 0) is 55.0 Å². The molecular formula is C18H21ClN2. The van der Waals surface area contributed by atoms with Crippen LogP contribution in [0.25, 0.3) is 0 Å². The maximum absolute atomic E-state index is 6.25. The van der Waals surface area contributed by atoms with Gasteiger partial charge < -0.3 is 11.1 Å². The zero-order valence-electron chi connectivity index (χ0n) is 12.3. The number of hydrogen-bond donors (Lipinski definition) is 2. The van der Waals surface area contributed by atoms with E-state index in [2.05, 4.69) is 35.6 Å². The molecule has 2 aromatic carbocycles. The van der Waals surface area contributed by atoms with Crippen LogP contribution in [0.1, 0.15) is 29.5 Å². The predicted octanol–water partition coefficient (Wildman–Crippen LogP) is 4.25. The molecule has 1 unspecified atom stereocenters. The number of nitrogens with one attached hydrogen (secondary N) is 1. The minimum absolute atomic E-state index is 0.187. The van der Waals surface area contributed by atoms with Gasteiger partial charge in [0.05, 0.1) is 5.54 Å². The van der Waals surface area contributed by atoms with E-state index >= 15 is 0 Å². The fourth-order valence-corrected chi connectivity index (χ4v) is 3.44. The minimum Gasteiger partial charge on any atom is -0.374 e. The molecule has 1 aliphatic carbocycles. The number of nitrogens with two attached hydrogens (primary N) is 1. The summed E-state index contributed by atoms with van der Waals surface area (Å²) in [5, 5.41) is 4.45. The lowest BCUT2D eigenvalue weighted by molar-refractivity contribution is 0.417. The van der Waals surface area contributed by atoms with Crippen molar-refractivity contribution in [3.8, 4) is 0 Å². The van der Waals surface area contributed by atoms with Gasteiger partial charge in [0.15, 0.2) is 0 Å². The Morgan fingerprint density at radius 3 is 2.81 bits per heavy atom. The lowest BCUT2D eigenvalue weighted by Crippen LogP contribution is -2.45. The highest BCUT2D eigenvalue weighted by atomic mass is 35.5. The molecule has 21 heavy (non-hydrogen) atoms. The molecule has 0 spiro atoms. The number of aryl methyl sites for hydroxylation is 2. The molecule has 1 atom stereocenters. The third-order valence-corrected chi connectivity index (χ3v) is 4.89. The standard InChI is InChI=1S/C18H21ClN2/c1-13-8-9-15(11-17(13)19)21-18(12-20)10-4-6-14-5-2-3-7-16(14)18/h2-3,5,7-9,11,21H,4,6,10,12,20H2,1H3. The molecule has 0 bridgehead atoms. The van der Waals surface area contributed by atoms with Crippen LogP contribution >= 0.6 is 11.6 Å². The summed E-state index contributed by atoms with van der Waals surface area (Å²) < 4.78 is 0. The second-order valence-electron chi connectivity index (χ2n) is 5.89. The first-order valence-corrected chi connectivity index (χ1v) is 7.85. The molecule has 0 heterocycles. The van der Waals surface area contributed by atoms with Crippen LogP contribution < -0.4 is 11.1 Å². The highest BCUT2D eigenvalue weighted by Gasteiger charge is 2.35. The van der Waals surface area contributed by atoms with E-state index in [1.807, 2.05) is 19.1 Å². The molecule has 3 N–H and O–H groups in total. The molecular weight excluding hydrogens is 280 g/mol. The molecule has 0 saturated carbocycles. The summed E-state index contributed by atoms with van der Waals surface area (Å²) in [5.74, 6) is 0. The quantitative estimate of drug-likeness (QED) is 0.889. The number of hydrogen-bond acceptors (Lipinski definition) is 2. The largest absolute Gasteiger partial charge is 0.374 e. The average molecular weight is 301 g/mol. The normalized spacial score (nSPS) is 20.9. The van der Waals surface area contributed by atoms with Gasteiger partial charge in [-0.1, -0.05) is 41.9 Å². The first kappa shape index (κ1) is 14.4. The van der Waals surface area contributed by atoms with Crippen molar-refractivity contribution in [1.82, 2.24) is 0 Å². The highest BCUT2D eigenvalue weighted by Crippen LogP contribution is 2.38. The van der Waals surface area contributed by atoms with Gasteiger partial charge in [-0.25, -0.2) is 0 Å². The molecule has 1 aliphatic rings. The average Bonchev–Trinajstić information content (AvgIpc) is 2.51. The number of anilines is 1. The van der Waals surface area contributed by atoms with Gasteiger partial charge >= 0.3 is 0 Å². The monoisotopic (exact) mass is 300 g/mol. The molecule has 0 aromatic heterocycles. The fraction of sp³-hybridized carbons (Fsp3) is 0.333. The lowest BCUT2D eigenvalue weighted by atomic mass is 9.76. The number of benzene rings is 2. The summed E-state index contributed by atoms with van der Waals surface area (Å²) in [6.45, 7) is 2.59. The Balaban J connectivity index is 2.00. The molecule has 0 saturated heterocycles. The van der Waals surface area contributed by atoms with Crippen LogP contribution in [0.15, 0.2) is 42.5 Å². The van der Waals surface area contributed by atoms with Crippen LogP contribution in [-0.2, 0) is 12.0 Å². The predicted molar refractivity (Wildman–Crippen MR) is 89.9 cm³/mol. The number of halogens is 1. The van der Waals surface area contributed by atoms with E-state index < -0.39 is 0 Å². The Hall–Kier alpha value is -1.51. The molecule has 3 rings (SSSR count). The maximum atomic E-state index is 6.25. The summed E-state index contributed by atoms with van der Waals surface area (Å²) in [7, 11) is 0. The van der Waals surface area contributed by atoms with Gasteiger partial charge in [-0.2, -0.15) is 0 Å². The van der Waals surface area contributed by atoms with Crippen LogP contribution in [0.4, 0.5) is 5.69 Å². The molecule has 0 radical (unpaired) electrons. The van der Waals surface area contributed by atoms with Crippen LogP contribution in [0.2, 0.25) is 5.02 Å². The smallest absolute Gasteiger partial charge is 0.0750 e. The minimum atomic E-state index is -0.187. The fourth-order valence-electron chi connectivity index (χ4n) is 3.26. The van der Waals surface area contributed by atoms with E-state index in [-0.39, 0.29) is 5.54 Å². The molecule has 0 fully saturated rings. The molecule has 2 aromatic rings. The van der Waals surface area contributed by atoms with E-state index in [1.54, 1.807) is 0 Å². The Labute approximate surface area is 131 Å². The van der Waals surface area contributed by atoms with Crippen molar-refractivity contribution in [1.29, 1.82) is 0 Å². The third-order valence-electron chi connectivity index (χ3n) is 4.49. The number of fused-ring (bicyclic) bond motifs is 1. The third kappa shape index (κ3) is 2.66. The Bertz CT molecular complexity index is 653. The Kier molecular flexibility index (Phi) is 3.92. The zero-order valence-corrected chi connectivity index (χ0v) is 13.1. The summed E-state index contributed by atoms with van der Waals surface area (Å²) in [5.41, 5.74) is 10.8. The SMILES string of the molecule is Cc1ccc(NC2(CN)CCCc3ccccc32)cc1Cl. The van der Waals surface area contributed by atoms with E-state index in [0.717, 1.165) is 35.5 Å². The van der Waals surface area contributed by atoms with Gasteiger partial charge in [0, 0.05) is 17.3 Å². The Morgan fingerprint density at radius 1 is 1.24 bits per heavy atom. The molecule has 0 aliphatic heterocycles. The second-order valence-corrected chi connectivity index (χ2v) is 6.29. The van der Waals surface area contributed by atoms with Crippen LogP contribution in [-0.4, -0.2) is 6.54 Å². The molecule has 110 valence electrons. The van der Waals surface area contributed by atoms with Gasteiger partial charge in [-0.3, -0.25) is 0 Å². The molecule has 3 heteroatoms. The summed E-state index contributed by atoms with van der Waals surface area (Å²) in [6, 6.07) is 14.7. The highest BCUT2D eigenvalue weighted by molar-refractivity contribution is 6.31. The van der Waals surface area contributed by atoms with E-state index in [4.69, 9.17) is 17.3 Å². The van der Waals surface area contributed by atoms with Gasteiger partial charge in [0.1, 0.15) is 0 Å². The summed E-state index contributed by atoms with van der Waals surface area (Å²) >= 11 is 6.25. The van der Waals surface area contributed by atoms with Crippen molar-refractivity contribution in [3.63, 3.8) is 0 Å². The second kappa shape index (κ2) is 5.70. The molecule has 2 nitrogen and oxygen atoms in total. The van der Waals surface area contributed by atoms with Crippen LogP contribution in [0, 0.1) is 6.92 Å². The van der Waals surface area contributed by atoms with Crippen molar-refractivity contribution in [2.24, 2.45) is 5.73 Å². The van der Waals surface area contributed by atoms with E-state index in [9.17, 15) is 0 Å². The summed E-state index contributed by atoms with van der Waals surface area (Å²) in [4.78, 5) is 0. The van der Waals surface area contributed by atoms with Crippen molar-refractivity contribution >= 4 is 17.3 Å². The van der Waals surface area contributed by atoms with Crippen molar-refractivity contribution < 1.29 is 0 Å². The lowest BCUT2D eigenvalue weighted by Gasteiger charge is -2.40. The topological polar surface area (TPSA) is 38.0 Å². The van der Waals surface area contributed by atoms with Crippen molar-refractivity contribution in [3.05, 3.63) is 64.2 Å². The first-order chi connectivity index (χ1) is 10.1. The van der Waals surface area contributed by atoms with Gasteiger partial charge in [0.25, 0.3) is 0 Å².